The number of likely N-dealkylation sites (N-methyl/N-ethyl adjacent to an activating group) is 1. The molecule has 0 unspecified atom stereocenters. The van der Waals surface area contributed by atoms with Crippen LogP contribution in [-0.4, -0.2) is 38.0 Å². The molecule has 0 N–H and O–H groups in total. The standard InChI is InChI=1S/C14H20NO2.ClH/c1-13(12-16)17-10-9-15(2,3)11-14-7-5-4-6-8-14;/h4-8,12H,1,9-11H2,2-3H3;1H/q+1;/p-1. The summed E-state index contributed by atoms with van der Waals surface area (Å²) in [7, 11) is 4.28. The predicted octanol–water partition coefficient (Wildman–Crippen LogP) is -1.00. The molecule has 18 heavy (non-hydrogen) atoms. The van der Waals surface area contributed by atoms with Crippen LogP contribution in [0.1, 0.15) is 5.56 Å². The highest BCUT2D eigenvalue weighted by atomic mass is 35.5. The van der Waals surface area contributed by atoms with E-state index < -0.39 is 0 Å². The number of carbonyl (C=O) groups excluding carboxylic acids is 1. The Morgan fingerprint density at radius 1 is 1.33 bits per heavy atom. The normalized spacial score (nSPS) is 10.3. The van der Waals surface area contributed by atoms with Gasteiger partial charge < -0.3 is 21.6 Å². The van der Waals surface area contributed by atoms with Gasteiger partial charge >= 0.3 is 0 Å². The number of nitrogens with zero attached hydrogens (tertiary/aromatic N) is 1. The third kappa shape index (κ3) is 6.42. The summed E-state index contributed by atoms with van der Waals surface area (Å²) >= 11 is 0. The molecule has 0 saturated carbocycles. The molecule has 1 aromatic rings. The van der Waals surface area contributed by atoms with E-state index in [9.17, 15) is 4.79 Å². The topological polar surface area (TPSA) is 26.3 Å². The quantitative estimate of drug-likeness (QED) is 0.275. The molecule has 0 aromatic heterocycles. The van der Waals surface area contributed by atoms with E-state index in [0.717, 1.165) is 17.6 Å². The fourth-order valence-electron chi connectivity index (χ4n) is 1.61. The Morgan fingerprint density at radius 2 is 1.94 bits per heavy atom. The number of halogens is 1. The van der Waals surface area contributed by atoms with Gasteiger partial charge in [0.2, 0.25) is 0 Å². The molecule has 0 radical (unpaired) electrons. The van der Waals surface area contributed by atoms with E-state index in [-0.39, 0.29) is 18.2 Å². The Labute approximate surface area is 115 Å². The van der Waals surface area contributed by atoms with E-state index in [1.807, 2.05) is 18.2 Å². The molecule has 0 saturated heterocycles. The first kappa shape index (κ1) is 16.7. The van der Waals surface area contributed by atoms with Crippen LogP contribution >= 0.6 is 0 Å². The van der Waals surface area contributed by atoms with Gasteiger partial charge in [0.05, 0.1) is 14.1 Å². The number of carbonyl (C=O) groups is 1. The molecule has 0 aliphatic rings. The van der Waals surface area contributed by atoms with Crippen LogP contribution in [0.2, 0.25) is 0 Å². The highest BCUT2D eigenvalue weighted by Gasteiger charge is 2.15. The van der Waals surface area contributed by atoms with Crippen LogP contribution in [0.3, 0.4) is 0 Å². The van der Waals surface area contributed by atoms with Gasteiger partial charge in [0.25, 0.3) is 0 Å². The molecule has 100 valence electrons. The highest BCUT2D eigenvalue weighted by molar-refractivity contribution is 5.68. The summed E-state index contributed by atoms with van der Waals surface area (Å²) in [5.41, 5.74) is 1.30. The second-order valence-electron chi connectivity index (χ2n) is 4.74. The van der Waals surface area contributed by atoms with Crippen molar-refractivity contribution in [2.75, 3.05) is 27.2 Å². The van der Waals surface area contributed by atoms with E-state index in [0.29, 0.717) is 12.9 Å². The Hall–Kier alpha value is -1.32. The number of benzene rings is 1. The summed E-state index contributed by atoms with van der Waals surface area (Å²) in [4.78, 5) is 10.3. The lowest BCUT2D eigenvalue weighted by Gasteiger charge is -2.29. The molecule has 0 amide bonds. The van der Waals surface area contributed by atoms with E-state index >= 15 is 0 Å². The fraction of sp³-hybridized carbons (Fsp3) is 0.357. The van der Waals surface area contributed by atoms with Crippen LogP contribution in [0.5, 0.6) is 0 Å². The monoisotopic (exact) mass is 269 g/mol. The Balaban J connectivity index is 0.00000289. The van der Waals surface area contributed by atoms with Gasteiger partial charge in [0.1, 0.15) is 19.7 Å². The zero-order valence-corrected chi connectivity index (χ0v) is 11.7. The molecule has 1 rings (SSSR count). The number of rotatable bonds is 7. The fourth-order valence-corrected chi connectivity index (χ4v) is 1.61. The van der Waals surface area contributed by atoms with E-state index in [4.69, 9.17) is 4.74 Å². The van der Waals surface area contributed by atoms with Crippen molar-refractivity contribution >= 4 is 6.29 Å². The average molecular weight is 270 g/mol. The maximum Gasteiger partial charge on any atom is 0.184 e. The molecule has 1 aromatic carbocycles. The van der Waals surface area contributed by atoms with Gasteiger partial charge in [-0.2, -0.15) is 0 Å². The molecule has 0 spiro atoms. The van der Waals surface area contributed by atoms with Crippen molar-refractivity contribution in [3.63, 3.8) is 0 Å². The zero-order chi connectivity index (χ0) is 12.7. The van der Waals surface area contributed by atoms with Gasteiger partial charge in [0.15, 0.2) is 12.0 Å². The van der Waals surface area contributed by atoms with E-state index in [2.05, 4.69) is 32.8 Å². The smallest absolute Gasteiger partial charge is 0.184 e. The molecule has 0 aliphatic carbocycles. The minimum Gasteiger partial charge on any atom is -1.00 e. The second-order valence-corrected chi connectivity index (χ2v) is 4.74. The van der Waals surface area contributed by atoms with Gasteiger partial charge in [-0.25, -0.2) is 0 Å². The molecule has 0 atom stereocenters. The second kappa shape index (κ2) is 7.90. The highest BCUT2D eigenvalue weighted by Crippen LogP contribution is 2.08. The summed E-state index contributed by atoms with van der Waals surface area (Å²) < 4.78 is 6.00. The Bertz CT molecular complexity index is 377. The number of hydrogen-bond donors (Lipinski definition) is 0. The van der Waals surface area contributed by atoms with Crippen molar-refractivity contribution in [3.8, 4) is 0 Å². The van der Waals surface area contributed by atoms with Crippen LogP contribution in [-0.2, 0) is 16.1 Å². The van der Waals surface area contributed by atoms with Crippen LogP contribution in [0.4, 0.5) is 0 Å². The summed E-state index contributed by atoms with van der Waals surface area (Å²) in [5, 5.41) is 0. The van der Waals surface area contributed by atoms with Crippen LogP contribution in [0, 0.1) is 0 Å². The van der Waals surface area contributed by atoms with Crippen molar-refractivity contribution in [3.05, 3.63) is 48.2 Å². The van der Waals surface area contributed by atoms with E-state index in [1.54, 1.807) is 0 Å². The van der Waals surface area contributed by atoms with Crippen molar-refractivity contribution in [1.29, 1.82) is 0 Å². The lowest BCUT2D eigenvalue weighted by Crippen LogP contribution is -3.00. The predicted molar refractivity (Wildman–Crippen MR) is 68.3 cm³/mol. The lowest BCUT2D eigenvalue weighted by molar-refractivity contribution is -0.903. The van der Waals surface area contributed by atoms with E-state index in [1.165, 1.54) is 5.56 Å². The minimum absolute atomic E-state index is 0. The van der Waals surface area contributed by atoms with Crippen molar-refractivity contribution < 1.29 is 26.4 Å². The van der Waals surface area contributed by atoms with Gasteiger partial charge in [-0.05, 0) is 0 Å². The van der Waals surface area contributed by atoms with Crippen LogP contribution < -0.4 is 12.4 Å². The Morgan fingerprint density at radius 3 is 2.50 bits per heavy atom. The summed E-state index contributed by atoms with van der Waals surface area (Å²) in [6, 6.07) is 10.3. The maximum absolute atomic E-state index is 10.3. The van der Waals surface area contributed by atoms with Gasteiger partial charge in [0, 0.05) is 5.56 Å². The SMILES string of the molecule is C=C(C=O)OCC[N+](C)(C)Cc1ccccc1.[Cl-]. The average Bonchev–Trinajstić information content (AvgIpc) is 2.29. The molecular formula is C14H20ClNO2. The van der Waals surface area contributed by atoms with Crippen molar-refractivity contribution in [1.82, 2.24) is 0 Å². The maximum atomic E-state index is 10.3. The number of hydrogen-bond acceptors (Lipinski definition) is 2. The van der Waals surface area contributed by atoms with Gasteiger partial charge in [-0.15, -0.1) is 0 Å². The number of aldehydes is 1. The largest absolute Gasteiger partial charge is 1.00 e. The van der Waals surface area contributed by atoms with Crippen LogP contribution in [0.15, 0.2) is 42.7 Å². The number of ether oxygens (including phenoxy) is 1. The number of allylic oxidation sites excluding steroid dienone is 1. The first-order valence-electron chi connectivity index (χ1n) is 5.66. The molecule has 4 heteroatoms. The van der Waals surface area contributed by atoms with Crippen molar-refractivity contribution in [2.45, 2.75) is 6.54 Å². The number of quaternary nitrogens is 1. The van der Waals surface area contributed by atoms with Crippen molar-refractivity contribution in [2.24, 2.45) is 0 Å². The zero-order valence-electron chi connectivity index (χ0n) is 10.9. The van der Waals surface area contributed by atoms with Gasteiger partial charge in [-0.3, -0.25) is 4.79 Å². The van der Waals surface area contributed by atoms with Crippen LogP contribution in [0.25, 0.3) is 0 Å². The molecule has 3 nitrogen and oxygen atoms in total. The third-order valence-electron chi connectivity index (χ3n) is 2.57. The molecular weight excluding hydrogens is 250 g/mol. The molecule has 0 bridgehead atoms. The first-order chi connectivity index (χ1) is 8.03. The Kier molecular flexibility index (Phi) is 7.32. The molecule has 0 fully saturated rings. The lowest BCUT2D eigenvalue weighted by atomic mass is 10.2. The summed E-state index contributed by atoms with van der Waals surface area (Å²) in [6.45, 7) is 5.77. The van der Waals surface area contributed by atoms with Gasteiger partial charge in [-0.1, -0.05) is 36.9 Å². The summed E-state index contributed by atoms with van der Waals surface area (Å²) in [6.07, 6.45) is 0.636. The third-order valence-corrected chi connectivity index (χ3v) is 2.57. The summed E-state index contributed by atoms with van der Waals surface area (Å²) in [5.74, 6) is 0.199. The molecule has 0 aliphatic heterocycles. The first-order valence-corrected chi connectivity index (χ1v) is 5.66. The molecule has 0 heterocycles. The minimum atomic E-state index is 0.